The van der Waals surface area contributed by atoms with Crippen LogP contribution in [0.4, 0.5) is 0 Å². The second-order valence-electron chi connectivity index (χ2n) is 17.4. The first-order chi connectivity index (χ1) is 30.8. The van der Waals surface area contributed by atoms with Crippen LogP contribution >= 0.6 is 0 Å². The Balaban J connectivity index is 1.25. The Morgan fingerprint density at radius 3 is 1.90 bits per heavy atom. The summed E-state index contributed by atoms with van der Waals surface area (Å²) in [6.45, 7) is 0. The molecule has 286 valence electrons. The normalized spacial score (nSPS) is 14.3. The fourth-order valence-electron chi connectivity index (χ4n) is 11.7. The fourth-order valence-corrected chi connectivity index (χ4v) is 11.7. The highest BCUT2D eigenvalue weighted by molar-refractivity contribution is 6.27. The van der Waals surface area contributed by atoms with Crippen LogP contribution in [0.1, 0.15) is 39.3 Å². The summed E-state index contributed by atoms with van der Waals surface area (Å²) in [5.41, 5.74) is 17.3. The van der Waals surface area contributed by atoms with Gasteiger partial charge in [0.25, 0.3) is 0 Å². The van der Waals surface area contributed by atoms with Crippen molar-refractivity contribution in [3.8, 4) is 33.4 Å². The summed E-state index contributed by atoms with van der Waals surface area (Å²) in [5, 5.41) is 15.6. The van der Waals surface area contributed by atoms with Gasteiger partial charge < -0.3 is 0 Å². The van der Waals surface area contributed by atoms with E-state index in [4.69, 9.17) is 0 Å². The van der Waals surface area contributed by atoms with Crippen LogP contribution in [0.2, 0.25) is 0 Å². The zero-order valence-electron chi connectivity index (χ0n) is 34.0. The van der Waals surface area contributed by atoms with Gasteiger partial charge in [0.2, 0.25) is 0 Å². The summed E-state index contributed by atoms with van der Waals surface area (Å²) in [6, 6.07) is 78.1. The first-order valence-electron chi connectivity index (χ1n) is 21.9. The molecule has 0 heterocycles. The molecule has 0 bridgehead atoms. The minimum absolute atomic E-state index is 0.109. The molecular weight excluding hydrogens is 745 g/mol. The summed E-state index contributed by atoms with van der Waals surface area (Å²) in [4.78, 5) is 0. The van der Waals surface area contributed by atoms with Gasteiger partial charge in [-0.1, -0.05) is 194 Å². The van der Waals surface area contributed by atoms with Crippen LogP contribution in [0.25, 0.3) is 110 Å². The quantitative estimate of drug-likeness (QED) is 0.123. The second-order valence-corrected chi connectivity index (χ2v) is 17.4. The van der Waals surface area contributed by atoms with Crippen LogP contribution in [-0.4, -0.2) is 0 Å². The van der Waals surface area contributed by atoms with E-state index in [9.17, 15) is 0 Å². The summed E-state index contributed by atoms with van der Waals surface area (Å²) < 4.78 is 0. The van der Waals surface area contributed by atoms with Gasteiger partial charge in [0.1, 0.15) is 0 Å². The molecule has 0 amide bonds. The molecule has 0 fully saturated rings. The van der Waals surface area contributed by atoms with Crippen molar-refractivity contribution in [2.24, 2.45) is 0 Å². The molecule has 0 N–H and O–H groups in total. The topological polar surface area (TPSA) is 0 Å². The second kappa shape index (κ2) is 12.9. The van der Waals surface area contributed by atoms with Gasteiger partial charge in [0, 0.05) is 5.92 Å². The molecule has 0 heteroatoms. The molecule has 0 spiro atoms. The molecule has 1 atom stereocenters. The molecule has 14 rings (SSSR count). The maximum Gasteiger partial charge on any atom is 0.0149 e. The maximum absolute atomic E-state index is 2.50. The summed E-state index contributed by atoms with van der Waals surface area (Å²) >= 11 is 0. The first kappa shape index (κ1) is 34.0. The van der Waals surface area contributed by atoms with Gasteiger partial charge in [0.05, 0.1) is 0 Å². The lowest BCUT2D eigenvalue weighted by Gasteiger charge is -2.29. The predicted octanol–water partition coefficient (Wildman–Crippen LogP) is 16.6. The van der Waals surface area contributed by atoms with E-state index in [0.717, 1.165) is 6.42 Å². The summed E-state index contributed by atoms with van der Waals surface area (Å²) in [7, 11) is 0. The van der Waals surface area contributed by atoms with Crippen LogP contribution in [0.15, 0.2) is 206 Å². The third kappa shape index (κ3) is 4.72. The van der Waals surface area contributed by atoms with Gasteiger partial charge in [-0.2, -0.15) is 0 Å². The zero-order chi connectivity index (χ0) is 40.5. The van der Waals surface area contributed by atoms with Crippen LogP contribution in [0, 0.1) is 0 Å². The monoisotopic (exact) mass is 782 g/mol. The lowest BCUT2D eigenvalue weighted by atomic mass is 9.73. The van der Waals surface area contributed by atoms with E-state index in [-0.39, 0.29) is 5.92 Å². The van der Waals surface area contributed by atoms with E-state index in [1.54, 1.807) is 0 Å². The summed E-state index contributed by atoms with van der Waals surface area (Å²) in [6.07, 6.45) is 3.44. The number of fused-ring (bicyclic) bond motifs is 6. The molecule has 10 aromatic rings. The Kier molecular flexibility index (Phi) is 7.04. The number of hydrogen-bond donors (Lipinski definition) is 0. The Morgan fingerprint density at radius 2 is 1.02 bits per heavy atom. The van der Waals surface area contributed by atoms with E-state index in [2.05, 4.69) is 212 Å². The molecule has 0 nitrogen and oxygen atoms in total. The highest BCUT2D eigenvalue weighted by Gasteiger charge is 2.36. The minimum Gasteiger partial charge on any atom is -0.0622 e. The van der Waals surface area contributed by atoms with Gasteiger partial charge in [0.15, 0.2) is 0 Å². The third-order valence-corrected chi connectivity index (χ3v) is 14.3. The van der Waals surface area contributed by atoms with Crippen LogP contribution in [0.5, 0.6) is 0 Å². The third-order valence-electron chi connectivity index (χ3n) is 14.3. The van der Waals surface area contributed by atoms with E-state index in [1.807, 2.05) is 0 Å². The van der Waals surface area contributed by atoms with Gasteiger partial charge >= 0.3 is 0 Å². The van der Waals surface area contributed by atoms with Crippen molar-refractivity contribution in [3.63, 3.8) is 0 Å². The zero-order valence-corrected chi connectivity index (χ0v) is 34.0. The van der Waals surface area contributed by atoms with Crippen molar-refractivity contribution >= 4 is 76.3 Å². The SMILES string of the molecule is C1=C(c2c(C3Cc4cccc5cccc3c45)c(-c3ccc4cccccc3-4)c(-c3cccc4cc5ccccc5cc34)c3c2ccc2ccccc23)c2cccc3cccc1c23. The largest absolute Gasteiger partial charge is 0.0622 e. The molecule has 4 aliphatic rings. The maximum atomic E-state index is 2.50. The Bertz CT molecular complexity index is 3890. The minimum atomic E-state index is 0.109. The molecular formula is C62H38. The van der Waals surface area contributed by atoms with Crippen molar-refractivity contribution in [2.75, 3.05) is 0 Å². The molecule has 0 saturated heterocycles. The van der Waals surface area contributed by atoms with E-state index in [1.165, 1.54) is 137 Å². The van der Waals surface area contributed by atoms with Crippen LogP contribution < -0.4 is 0 Å². The molecule has 0 saturated carbocycles. The molecule has 10 aromatic carbocycles. The predicted molar refractivity (Wildman–Crippen MR) is 264 cm³/mol. The molecule has 0 radical (unpaired) electrons. The average molecular weight is 783 g/mol. The molecule has 1 unspecified atom stereocenters. The molecule has 0 aromatic heterocycles. The average Bonchev–Trinajstić information content (AvgIpc) is 3.96. The van der Waals surface area contributed by atoms with Crippen molar-refractivity contribution in [1.29, 1.82) is 0 Å². The Hall–Kier alpha value is -7.80. The first-order valence-corrected chi connectivity index (χ1v) is 21.9. The van der Waals surface area contributed by atoms with Crippen LogP contribution in [-0.2, 0) is 6.42 Å². The lowest BCUT2D eigenvalue weighted by molar-refractivity contribution is 0.849. The smallest absolute Gasteiger partial charge is 0.0149 e. The number of hydrogen-bond acceptors (Lipinski definition) is 0. The van der Waals surface area contributed by atoms with Crippen molar-refractivity contribution in [3.05, 3.63) is 240 Å². The van der Waals surface area contributed by atoms with E-state index >= 15 is 0 Å². The van der Waals surface area contributed by atoms with Crippen molar-refractivity contribution < 1.29 is 0 Å². The lowest BCUT2D eigenvalue weighted by Crippen LogP contribution is -2.09. The summed E-state index contributed by atoms with van der Waals surface area (Å²) in [5.74, 6) is 0.109. The van der Waals surface area contributed by atoms with Crippen LogP contribution in [0.3, 0.4) is 0 Å². The van der Waals surface area contributed by atoms with Gasteiger partial charge in [-0.25, -0.2) is 0 Å². The standard InChI is InChI=1S/C62H38/c1-2-13-37-29-31-51(46(37)24-3-1)61-60(48-26-12-21-43-33-41-15-4-5-16-42(41)34-53(43)48)58-47-25-7-6-14-38(47)30-32-52(58)59(54-35-44-22-8-17-39-19-10-27-49(54)56(39)44)62(61)55-36-45-23-9-18-40-20-11-28-50(55)57(40)45/h1-35,55H,36H2. The van der Waals surface area contributed by atoms with Crippen molar-refractivity contribution in [1.82, 2.24) is 0 Å². The van der Waals surface area contributed by atoms with Crippen molar-refractivity contribution in [2.45, 2.75) is 12.3 Å². The Morgan fingerprint density at radius 1 is 0.339 bits per heavy atom. The van der Waals surface area contributed by atoms with E-state index in [0.29, 0.717) is 0 Å². The fraction of sp³-hybridized carbons (Fsp3) is 0.0323. The van der Waals surface area contributed by atoms with Gasteiger partial charge in [-0.3, -0.25) is 0 Å². The highest BCUT2D eigenvalue weighted by atomic mass is 14.4. The molecule has 0 aliphatic heterocycles. The number of rotatable bonds is 4. The van der Waals surface area contributed by atoms with Gasteiger partial charge in [-0.05, 0) is 162 Å². The Labute approximate surface area is 360 Å². The highest BCUT2D eigenvalue weighted by Crippen LogP contribution is 2.58. The molecule has 62 heavy (non-hydrogen) atoms. The number of benzene rings is 10. The molecule has 4 aliphatic carbocycles. The van der Waals surface area contributed by atoms with E-state index < -0.39 is 0 Å². The van der Waals surface area contributed by atoms with Gasteiger partial charge in [-0.15, -0.1) is 0 Å².